The number of sulfonamides is 1. The minimum absolute atomic E-state index is 0.0117. The van der Waals surface area contributed by atoms with Crippen molar-refractivity contribution < 1.29 is 27.4 Å². The predicted octanol–water partition coefficient (Wildman–Crippen LogP) is 4.26. The van der Waals surface area contributed by atoms with Crippen LogP contribution in [0, 0.1) is 0 Å². The van der Waals surface area contributed by atoms with E-state index in [-0.39, 0.29) is 29.6 Å². The van der Waals surface area contributed by atoms with E-state index in [0.717, 1.165) is 15.4 Å². The fourth-order valence-electron chi connectivity index (χ4n) is 3.48. The maximum atomic E-state index is 13.5. The Kier molecular flexibility index (Phi) is 9.58. The number of nitrogens with zero attached hydrogens (tertiary/aromatic N) is 1. The van der Waals surface area contributed by atoms with Crippen LogP contribution in [0.5, 0.6) is 17.2 Å². The van der Waals surface area contributed by atoms with E-state index in [1.807, 2.05) is 25.1 Å². The molecule has 0 radical (unpaired) electrons. The number of ether oxygens (including phenoxy) is 3. The Hall–Kier alpha value is -3.27. The Morgan fingerprint density at radius 2 is 1.61 bits per heavy atom. The number of rotatable bonds is 12. The molecule has 3 aromatic rings. The number of benzene rings is 3. The van der Waals surface area contributed by atoms with Crippen LogP contribution in [0.2, 0.25) is 5.02 Å². The van der Waals surface area contributed by atoms with Crippen molar-refractivity contribution >= 4 is 27.5 Å². The van der Waals surface area contributed by atoms with Gasteiger partial charge in [-0.2, -0.15) is 4.31 Å². The van der Waals surface area contributed by atoms with Crippen LogP contribution in [0.4, 0.5) is 0 Å². The summed E-state index contributed by atoms with van der Waals surface area (Å²) in [7, 11) is -0.987. The largest absolute Gasteiger partial charge is 0.493 e. The molecule has 0 saturated heterocycles. The zero-order valence-corrected chi connectivity index (χ0v) is 21.9. The average molecular weight is 533 g/mol. The third-order valence-corrected chi connectivity index (χ3v) is 7.38. The van der Waals surface area contributed by atoms with Crippen LogP contribution in [0.15, 0.2) is 71.6 Å². The van der Waals surface area contributed by atoms with Gasteiger partial charge in [0.05, 0.1) is 37.3 Å². The molecule has 3 aromatic carbocycles. The van der Waals surface area contributed by atoms with Gasteiger partial charge in [0.1, 0.15) is 5.75 Å². The van der Waals surface area contributed by atoms with E-state index in [1.165, 1.54) is 25.3 Å². The monoisotopic (exact) mass is 532 g/mol. The van der Waals surface area contributed by atoms with E-state index >= 15 is 0 Å². The summed E-state index contributed by atoms with van der Waals surface area (Å²) in [5.41, 5.74) is 1.52. The molecule has 0 unspecified atom stereocenters. The Morgan fingerprint density at radius 3 is 2.25 bits per heavy atom. The fraction of sp³-hybridized carbons (Fsp3) is 0.269. The van der Waals surface area contributed by atoms with Crippen molar-refractivity contribution in [2.75, 3.05) is 27.4 Å². The van der Waals surface area contributed by atoms with Crippen LogP contribution >= 0.6 is 11.6 Å². The van der Waals surface area contributed by atoms with Crippen LogP contribution in [0.1, 0.15) is 18.1 Å². The Labute approximate surface area is 216 Å². The molecule has 1 N–H and O–H groups in total. The molecule has 10 heteroatoms. The molecule has 0 aliphatic carbocycles. The van der Waals surface area contributed by atoms with Gasteiger partial charge in [-0.25, -0.2) is 8.42 Å². The summed E-state index contributed by atoms with van der Waals surface area (Å²) >= 11 is 6.24. The van der Waals surface area contributed by atoms with Gasteiger partial charge in [0.25, 0.3) is 0 Å². The lowest BCUT2D eigenvalue weighted by Gasteiger charge is -2.22. The van der Waals surface area contributed by atoms with Crippen molar-refractivity contribution in [3.63, 3.8) is 0 Å². The molecule has 3 rings (SSSR count). The average Bonchev–Trinajstić information content (AvgIpc) is 2.88. The van der Waals surface area contributed by atoms with E-state index in [1.54, 1.807) is 37.4 Å². The Balaban J connectivity index is 1.80. The molecule has 0 spiro atoms. The van der Waals surface area contributed by atoms with Gasteiger partial charge in [0.15, 0.2) is 11.5 Å². The molecule has 36 heavy (non-hydrogen) atoms. The van der Waals surface area contributed by atoms with E-state index < -0.39 is 15.9 Å². The zero-order valence-electron chi connectivity index (χ0n) is 20.4. The summed E-state index contributed by atoms with van der Waals surface area (Å²) in [5, 5.41) is 2.95. The van der Waals surface area contributed by atoms with Crippen LogP contribution in [0.3, 0.4) is 0 Å². The number of carbonyl (C=O) groups excluding carboxylic acids is 1. The number of methoxy groups -OCH3 is 2. The molecule has 0 aliphatic heterocycles. The van der Waals surface area contributed by atoms with Crippen molar-refractivity contribution in [2.45, 2.75) is 24.9 Å². The quantitative estimate of drug-likeness (QED) is 0.374. The zero-order chi connectivity index (χ0) is 26.1. The minimum Gasteiger partial charge on any atom is -0.493 e. The summed E-state index contributed by atoms with van der Waals surface area (Å²) < 4.78 is 44.1. The fourth-order valence-corrected chi connectivity index (χ4v) is 5.19. The molecule has 0 saturated carbocycles. The summed E-state index contributed by atoms with van der Waals surface area (Å²) in [6, 6.07) is 18.6. The first kappa shape index (κ1) is 27.3. The van der Waals surface area contributed by atoms with Crippen molar-refractivity contribution in [3.8, 4) is 17.2 Å². The van der Waals surface area contributed by atoms with Crippen molar-refractivity contribution in [3.05, 3.63) is 82.9 Å². The third-order valence-electron chi connectivity index (χ3n) is 5.30. The number of halogens is 1. The normalized spacial score (nSPS) is 11.2. The van der Waals surface area contributed by atoms with E-state index in [0.29, 0.717) is 23.9 Å². The maximum Gasteiger partial charge on any atom is 0.243 e. The lowest BCUT2D eigenvalue weighted by molar-refractivity contribution is -0.121. The second kappa shape index (κ2) is 12.6. The van der Waals surface area contributed by atoms with Gasteiger partial charge < -0.3 is 19.5 Å². The van der Waals surface area contributed by atoms with E-state index in [2.05, 4.69) is 5.32 Å². The lowest BCUT2D eigenvalue weighted by atomic mass is 10.2. The number of amides is 1. The highest BCUT2D eigenvalue weighted by Crippen LogP contribution is 2.30. The van der Waals surface area contributed by atoms with Crippen molar-refractivity contribution in [1.82, 2.24) is 9.62 Å². The van der Waals surface area contributed by atoms with Crippen LogP contribution < -0.4 is 19.5 Å². The van der Waals surface area contributed by atoms with Gasteiger partial charge in [-0.3, -0.25) is 4.79 Å². The lowest BCUT2D eigenvalue weighted by Crippen LogP contribution is -2.40. The predicted molar refractivity (Wildman–Crippen MR) is 138 cm³/mol. The molecular formula is C26H29ClN2O6S. The van der Waals surface area contributed by atoms with Crippen molar-refractivity contribution in [1.29, 1.82) is 0 Å². The molecule has 8 nitrogen and oxygen atoms in total. The summed E-state index contributed by atoms with van der Waals surface area (Å²) in [6.45, 7) is 2.02. The van der Waals surface area contributed by atoms with Crippen molar-refractivity contribution in [2.24, 2.45) is 0 Å². The molecule has 192 valence electrons. The molecule has 0 aliphatic rings. The molecular weight excluding hydrogens is 504 g/mol. The highest BCUT2D eigenvalue weighted by Gasteiger charge is 2.28. The third kappa shape index (κ3) is 6.90. The van der Waals surface area contributed by atoms with Crippen LogP contribution in [-0.2, 0) is 27.9 Å². The number of carbonyl (C=O) groups is 1. The summed E-state index contributed by atoms with van der Waals surface area (Å²) in [5.74, 6) is 1.04. The Morgan fingerprint density at radius 1 is 0.917 bits per heavy atom. The first-order valence-corrected chi connectivity index (χ1v) is 13.0. The second-order valence-electron chi connectivity index (χ2n) is 7.75. The maximum absolute atomic E-state index is 13.5. The second-order valence-corrected chi connectivity index (χ2v) is 10.1. The standard InChI is InChI=1S/C26H29ClN2O6S/c1-4-35-23-13-11-21(15-22(23)27)36(31,32)29(17-19-8-6-5-7-9-19)18-26(30)28-16-20-10-12-24(33-2)25(14-20)34-3/h5-15H,4,16-18H2,1-3H3,(H,28,30). The first-order valence-electron chi connectivity index (χ1n) is 11.2. The van der Waals surface area contributed by atoms with Gasteiger partial charge in [0.2, 0.25) is 15.9 Å². The Bertz CT molecular complexity index is 1280. The first-order chi connectivity index (χ1) is 17.3. The van der Waals surface area contributed by atoms with Gasteiger partial charge >= 0.3 is 0 Å². The summed E-state index contributed by atoms with van der Waals surface area (Å²) in [6.07, 6.45) is 0. The van der Waals surface area contributed by atoms with Gasteiger partial charge in [-0.05, 0) is 48.4 Å². The molecule has 0 atom stereocenters. The van der Waals surface area contributed by atoms with E-state index in [9.17, 15) is 13.2 Å². The number of hydrogen-bond donors (Lipinski definition) is 1. The summed E-state index contributed by atoms with van der Waals surface area (Å²) in [4.78, 5) is 12.8. The van der Waals surface area contributed by atoms with Gasteiger partial charge in [-0.15, -0.1) is 0 Å². The molecule has 0 heterocycles. The number of nitrogens with one attached hydrogen (secondary N) is 1. The smallest absolute Gasteiger partial charge is 0.243 e. The highest BCUT2D eigenvalue weighted by atomic mass is 35.5. The highest BCUT2D eigenvalue weighted by molar-refractivity contribution is 7.89. The minimum atomic E-state index is -4.06. The van der Waals surface area contributed by atoms with Gasteiger partial charge in [-0.1, -0.05) is 48.0 Å². The molecule has 0 aromatic heterocycles. The topological polar surface area (TPSA) is 94.2 Å². The molecule has 0 fully saturated rings. The number of hydrogen-bond acceptors (Lipinski definition) is 6. The van der Waals surface area contributed by atoms with Gasteiger partial charge in [0, 0.05) is 13.1 Å². The SMILES string of the molecule is CCOc1ccc(S(=O)(=O)N(CC(=O)NCc2ccc(OC)c(OC)c2)Cc2ccccc2)cc1Cl. The molecule has 1 amide bonds. The van der Waals surface area contributed by atoms with Crippen LogP contribution in [0.25, 0.3) is 0 Å². The van der Waals surface area contributed by atoms with Crippen LogP contribution in [-0.4, -0.2) is 46.0 Å². The molecule has 0 bridgehead atoms. The van der Waals surface area contributed by atoms with E-state index in [4.69, 9.17) is 25.8 Å².